The van der Waals surface area contributed by atoms with E-state index in [0.717, 1.165) is 5.56 Å². The Hall–Kier alpha value is -2.08. The molecule has 0 aromatic heterocycles. The van der Waals surface area contributed by atoms with E-state index in [1.165, 1.54) is 7.11 Å². The monoisotopic (exact) mass is 279 g/mol. The van der Waals surface area contributed by atoms with Crippen LogP contribution in [0.25, 0.3) is 0 Å². The first kappa shape index (κ1) is 16.0. The Labute approximate surface area is 118 Å². The van der Waals surface area contributed by atoms with Crippen molar-refractivity contribution in [2.45, 2.75) is 31.9 Å². The maximum absolute atomic E-state index is 12.3. The molecule has 0 aliphatic heterocycles. The van der Waals surface area contributed by atoms with Gasteiger partial charge in [0.1, 0.15) is 11.6 Å². The van der Waals surface area contributed by atoms with Gasteiger partial charge in [0.15, 0.2) is 5.84 Å². The van der Waals surface area contributed by atoms with Gasteiger partial charge in [0.2, 0.25) is 0 Å². The Morgan fingerprint density at radius 1 is 1.50 bits per heavy atom. The van der Waals surface area contributed by atoms with Crippen LogP contribution in [0, 0.1) is 0 Å². The lowest BCUT2D eigenvalue weighted by molar-refractivity contribution is -0.142. The molecule has 110 valence electrons. The first-order valence-electron chi connectivity index (χ1n) is 6.37. The van der Waals surface area contributed by atoms with Gasteiger partial charge in [-0.1, -0.05) is 42.4 Å². The summed E-state index contributed by atoms with van der Waals surface area (Å²) in [6, 6.07) is 8.36. The first-order valence-corrected chi connectivity index (χ1v) is 6.37. The van der Waals surface area contributed by atoms with Crippen molar-refractivity contribution in [1.29, 1.82) is 0 Å². The van der Waals surface area contributed by atoms with Crippen LogP contribution >= 0.6 is 0 Å². The molecule has 6 nitrogen and oxygen atoms in total. The van der Waals surface area contributed by atoms with Gasteiger partial charge < -0.3 is 21.0 Å². The van der Waals surface area contributed by atoms with Crippen molar-refractivity contribution in [2.75, 3.05) is 7.11 Å². The maximum Gasteiger partial charge on any atom is 0.252 e. The van der Waals surface area contributed by atoms with Crippen LogP contribution in [-0.4, -0.2) is 29.7 Å². The summed E-state index contributed by atoms with van der Waals surface area (Å²) in [4.78, 5) is 12.3. The molecule has 20 heavy (non-hydrogen) atoms. The number of hydrogen-bond acceptors (Lipinski definition) is 4. The number of hydrogen-bond donors (Lipinski definition) is 3. The fraction of sp³-hybridized carbons (Fsp3) is 0.429. The van der Waals surface area contributed by atoms with E-state index in [0.29, 0.717) is 6.42 Å². The summed E-state index contributed by atoms with van der Waals surface area (Å²) in [7, 11) is 1.48. The third kappa shape index (κ3) is 3.48. The Kier molecular flexibility index (Phi) is 5.52. The van der Waals surface area contributed by atoms with Crippen LogP contribution in [0.3, 0.4) is 0 Å². The number of ether oxygens (including phenoxy) is 1. The predicted molar refractivity (Wildman–Crippen MR) is 76.4 cm³/mol. The van der Waals surface area contributed by atoms with Gasteiger partial charge in [-0.25, -0.2) is 0 Å². The van der Waals surface area contributed by atoms with E-state index in [9.17, 15) is 4.79 Å². The van der Waals surface area contributed by atoms with Gasteiger partial charge in [-0.2, -0.15) is 0 Å². The molecule has 1 aromatic rings. The van der Waals surface area contributed by atoms with Gasteiger partial charge in [0, 0.05) is 7.11 Å². The summed E-state index contributed by atoms with van der Waals surface area (Å²) in [5, 5.41) is 14.6. The van der Waals surface area contributed by atoms with Gasteiger partial charge in [0.05, 0.1) is 0 Å². The van der Waals surface area contributed by atoms with Crippen molar-refractivity contribution in [3.63, 3.8) is 0 Å². The molecule has 0 saturated heterocycles. The molecule has 2 atom stereocenters. The SMILES string of the molecule is CCC(C)(OC)C(=O)NC(/C(N)=N/O)c1ccccc1. The van der Waals surface area contributed by atoms with E-state index in [2.05, 4.69) is 10.5 Å². The van der Waals surface area contributed by atoms with Gasteiger partial charge >= 0.3 is 0 Å². The van der Waals surface area contributed by atoms with Crippen LogP contribution in [0.4, 0.5) is 0 Å². The second kappa shape index (κ2) is 6.91. The molecular weight excluding hydrogens is 258 g/mol. The topological polar surface area (TPSA) is 96.9 Å². The van der Waals surface area contributed by atoms with Gasteiger partial charge in [-0.15, -0.1) is 0 Å². The molecule has 6 heteroatoms. The molecule has 1 aromatic carbocycles. The minimum Gasteiger partial charge on any atom is -0.409 e. The summed E-state index contributed by atoms with van der Waals surface area (Å²) in [5.41, 5.74) is 5.44. The average Bonchev–Trinajstić information content (AvgIpc) is 2.51. The van der Waals surface area contributed by atoms with Crippen molar-refractivity contribution < 1.29 is 14.7 Å². The quantitative estimate of drug-likeness (QED) is 0.317. The first-order chi connectivity index (χ1) is 9.48. The molecule has 0 fully saturated rings. The third-order valence-corrected chi connectivity index (χ3v) is 3.43. The van der Waals surface area contributed by atoms with Crippen molar-refractivity contribution in [3.8, 4) is 0 Å². The lowest BCUT2D eigenvalue weighted by atomic mass is 10.00. The van der Waals surface area contributed by atoms with Crippen molar-refractivity contribution in [2.24, 2.45) is 10.9 Å². The molecule has 1 rings (SSSR count). The molecule has 2 unspecified atom stereocenters. The van der Waals surface area contributed by atoms with Crippen molar-refractivity contribution in [1.82, 2.24) is 5.32 Å². The Morgan fingerprint density at radius 3 is 2.55 bits per heavy atom. The molecule has 0 bridgehead atoms. The number of nitrogens with one attached hydrogen (secondary N) is 1. The summed E-state index contributed by atoms with van der Waals surface area (Å²) in [5.74, 6) is -0.401. The fourth-order valence-electron chi connectivity index (χ4n) is 1.71. The summed E-state index contributed by atoms with van der Waals surface area (Å²) in [6.45, 7) is 3.54. The molecule has 1 amide bonds. The lowest BCUT2D eigenvalue weighted by Gasteiger charge is -2.28. The number of carbonyl (C=O) groups excluding carboxylic acids is 1. The standard InChI is InChI=1S/C14H21N3O3/c1-4-14(2,20-3)13(18)16-11(12(15)17-19)10-8-6-5-7-9-10/h5-9,11,19H,4H2,1-3H3,(H2,15,17)(H,16,18). The largest absolute Gasteiger partial charge is 0.409 e. The van der Waals surface area contributed by atoms with Gasteiger partial charge in [-0.05, 0) is 18.9 Å². The van der Waals surface area contributed by atoms with E-state index in [4.69, 9.17) is 15.7 Å². The number of oxime groups is 1. The number of methoxy groups -OCH3 is 1. The number of carbonyl (C=O) groups is 1. The van der Waals surface area contributed by atoms with Crippen LogP contribution in [-0.2, 0) is 9.53 Å². The zero-order valence-electron chi connectivity index (χ0n) is 12.0. The van der Waals surface area contributed by atoms with Crippen LogP contribution < -0.4 is 11.1 Å². The highest BCUT2D eigenvalue weighted by molar-refractivity contribution is 5.93. The Balaban J connectivity index is 3.01. The zero-order chi connectivity index (χ0) is 15.2. The number of nitrogens with two attached hydrogens (primary N) is 1. The number of amides is 1. The molecular formula is C14H21N3O3. The van der Waals surface area contributed by atoms with E-state index in [1.54, 1.807) is 19.1 Å². The van der Waals surface area contributed by atoms with E-state index < -0.39 is 11.6 Å². The second-order valence-corrected chi connectivity index (χ2v) is 4.63. The van der Waals surface area contributed by atoms with Gasteiger partial charge in [0.25, 0.3) is 5.91 Å². The summed E-state index contributed by atoms with van der Waals surface area (Å²) >= 11 is 0. The van der Waals surface area contributed by atoms with E-state index in [-0.39, 0.29) is 11.7 Å². The molecule has 0 aliphatic rings. The molecule has 0 saturated carbocycles. The van der Waals surface area contributed by atoms with Crippen molar-refractivity contribution in [3.05, 3.63) is 35.9 Å². The van der Waals surface area contributed by atoms with E-state index in [1.807, 2.05) is 25.1 Å². The molecule has 0 heterocycles. The van der Waals surface area contributed by atoms with Crippen LogP contribution in [0.2, 0.25) is 0 Å². The Bertz CT molecular complexity index is 470. The number of nitrogens with zero attached hydrogens (tertiary/aromatic N) is 1. The highest BCUT2D eigenvalue weighted by Gasteiger charge is 2.33. The predicted octanol–water partition coefficient (Wildman–Crippen LogP) is 1.41. The normalized spacial score (nSPS) is 16.2. The smallest absolute Gasteiger partial charge is 0.252 e. The van der Waals surface area contributed by atoms with E-state index >= 15 is 0 Å². The molecule has 4 N–H and O–H groups in total. The molecule has 0 spiro atoms. The fourth-order valence-corrected chi connectivity index (χ4v) is 1.71. The van der Waals surface area contributed by atoms with Crippen LogP contribution in [0.1, 0.15) is 31.9 Å². The summed E-state index contributed by atoms with van der Waals surface area (Å²) in [6.07, 6.45) is 0.507. The molecule has 0 aliphatic carbocycles. The van der Waals surface area contributed by atoms with Crippen LogP contribution in [0.5, 0.6) is 0 Å². The highest BCUT2D eigenvalue weighted by atomic mass is 16.5. The van der Waals surface area contributed by atoms with Gasteiger partial charge in [-0.3, -0.25) is 4.79 Å². The lowest BCUT2D eigenvalue weighted by Crippen LogP contribution is -2.49. The Morgan fingerprint density at radius 2 is 2.10 bits per heavy atom. The number of amidine groups is 1. The highest BCUT2D eigenvalue weighted by Crippen LogP contribution is 2.18. The van der Waals surface area contributed by atoms with Crippen LogP contribution in [0.15, 0.2) is 35.5 Å². The van der Waals surface area contributed by atoms with Crippen molar-refractivity contribution >= 4 is 11.7 Å². The number of rotatable bonds is 6. The minimum absolute atomic E-state index is 0.0842. The summed E-state index contributed by atoms with van der Waals surface area (Å²) < 4.78 is 5.24. The zero-order valence-corrected chi connectivity index (χ0v) is 12.0. The third-order valence-electron chi connectivity index (χ3n) is 3.43. The second-order valence-electron chi connectivity index (χ2n) is 4.63. The minimum atomic E-state index is -0.956. The maximum atomic E-state index is 12.3. The number of benzene rings is 1. The molecule has 0 radical (unpaired) electrons. The average molecular weight is 279 g/mol.